The Labute approximate surface area is 121 Å². The van der Waals surface area contributed by atoms with Gasteiger partial charge in [0, 0.05) is 17.6 Å². The SMILES string of the molecule is CCOc1ccccc1C(C)NC(C)c1ccccc1. The third kappa shape index (κ3) is 3.61. The maximum absolute atomic E-state index is 5.71. The van der Waals surface area contributed by atoms with Crippen molar-refractivity contribution in [3.05, 3.63) is 65.7 Å². The van der Waals surface area contributed by atoms with Gasteiger partial charge in [0.25, 0.3) is 0 Å². The first-order valence-electron chi connectivity index (χ1n) is 7.25. The van der Waals surface area contributed by atoms with Crippen molar-refractivity contribution in [2.75, 3.05) is 6.61 Å². The molecule has 0 heterocycles. The van der Waals surface area contributed by atoms with Gasteiger partial charge in [0.2, 0.25) is 0 Å². The lowest BCUT2D eigenvalue weighted by Crippen LogP contribution is -2.23. The molecule has 0 fully saturated rings. The van der Waals surface area contributed by atoms with Crippen LogP contribution in [0.15, 0.2) is 54.6 Å². The van der Waals surface area contributed by atoms with Gasteiger partial charge in [-0.1, -0.05) is 48.5 Å². The fourth-order valence-corrected chi connectivity index (χ4v) is 2.43. The predicted molar refractivity (Wildman–Crippen MR) is 84.0 cm³/mol. The maximum atomic E-state index is 5.71. The molecule has 0 spiro atoms. The van der Waals surface area contributed by atoms with E-state index in [0.717, 1.165) is 5.75 Å². The molecule has 2 nitrogen and oxygen atoms in total. The van der Waals surface area contributed by atoms with Gasteiger partial charge >= 0.3 is 0 Å². The zero-order valence-electron chi connectivity index (χ0n) is 12.5. The van der Waals surface area contributed by atoms with Crippen LogP contribution in [0.25, 0.3) is 0 Å². The minimum atomic E-state index is 0.243. The van der Waals surface area contributed by atoms with Crippen LogP contribution in [0.5, 0.6) is 5.75 Å². The lowest BCUT2D eigenvalue weighted by Gasteiger charge is -2.22. The number of nitrogens with one attached hydrogen (secondary N) is 1. The summed E-state index contributed by atoms with van der Waals surface area (Å²) in [6.07, 6.45) is 0. The van der Waals surface area contributed by atoms with E-state index in [1.807, 2.05) is 25.1 Å². The third-order valence-corrected chi connectivity index (χ3v) is 3.48. The maximum Gasteiger partial charge on any atom is 0.124 e. The van der Waals surface area contributed by atoms with Crippen molar-refractivity contribution in [3.63, 3.8) is 0 Å². The van der Waals surface area contributed by atoms with E-state index in [9.17, 15) is 0 Å². The van der Waals surface area contributed by atoms with Crippen LogP contribution in [0.4, 0.5) is 0 Å². The molecule has 0 aromatic heterocycles. The summed E-state index contributed by atoms with van der Waals surface area (Å²) in [6, 6.07) is 19.3. The first-order chi connectivity index (χ1) is 9.72. The molecule has 0 aliphatic heterocycles. The highest BCUT2D eigenvalue weighted by Crippen LogP contribution is 2.27. The molecule has 2 aromatic rings. The molecular formula is C18H23NO. The summed E-state index contributed by atoms with van der Waals surface area (Å²) in [6.45, 7) is 7.08. The van der Waals surface area contributed by atoms with Gasteiger partial charge in [-0.25, -0.2) is 0 Å². The summed E-state index contributed by atoms with van der Waals surface area (Å²) in [4.78, 5) is 0. The highest BCUT2D eigenvalue weighted by molar-refractivity contribution is 5.36. The monoisotopic (exact) mass is 269 g/mol. The van der Waals surface area contributed by atoms with Crippen LogP contribution in [0.3, 0.4) is 0 Å². The second-order valence-electron chi connectivity index (χ2n) is 4.99. The van der Waals surface area contributed by atoms with Crippen LogP contribution in [0.2, 0.25) is 0 Å². The summed E-state index contributed by atoms with van der Waals surface area (Å²) in [5, 5.41) is 3.63. The Balaban J connectivity index is 2.10. The summed E-state index contributed by atoms with van der Waals surface area (Å²) in [5.74, 6) is 0.968. The van der Waals surface area contributed by atoms with Crippen LogP contribution in [-0.2, 0) is 0 Å². The first kappa shape index (κ1) is 14.6. The molecule has 0 radical (unpaired) electrons. The van der Waals surface area contributed by atoms with Gasteiger partial charge in [0.15, 0.2) is 0 Å². The van der Waals surface area contributed by atoms with Crippen molar-refractivity contribution in [2.45, 2.75) is 32.9 Å². The molecule has 0 saturated heterocycles. The van der Waals surface area contributed by atoms with Crippen LogP contribution in [-0.4, -0.2) is 6.61 Å². The normalized spacial score (nSPS) is 13.8. The van der Waals surface area contributed by atoms with Gasteiger partial charge in [0.05, 0.1) is 6.61 Å². The van der Waals surface area contributed by atoms with Gasteiger partial charge in [-0.3, -0.25) is 0 Å². The quantitative estimate of drug-likeness (QED) is 0.834. The molecule has 2 rings (SSSR count). The van der Waals surface area contributed by atoms with Gasteiger partial charge in [-0.2, -0.15) is 0 Å². The molecule has 0 aliphatic rings. The van der Waals surface area contributed by atoms with E-state index in [1.165, 1.54) is 11.1 Å². The van der Waals surface area contributed by atoms with Gasteiger partial charge in [0.1, 0.15) is 5.75 Å². The molecule has 106 valence electrons. The number of ether oxygens (including phenoxy) is 1. The van der Waals surface area contributed by atoms with Crippen molar-refractivity contribution >= 4 is 0 Å². The van der Waals surface area contributed by atoms with Crippen LogP contribution < -0.4 is 10.1 Å². The standard InChI is InChI=1S/C18H23NO/c1-4-20-18-13-9-8-12-17(18)15(3)19-14(2)16-10-6-5-7-11-16/h5-15,19H,4H2,1-3H3. The highest BCUT2D eigenvalue weighted by Gasteiger charge is 2.14. The van der Waals surface area contributed by atoms with E-state index in [1.54, 1.807) is 0 Å². The van der Waals surface area contributed by atoms with Crippen LogP contribution >= 0.6 is 0 Å². The fraction of sp³-hybridized carbons (Fsp3) is 0.333. The van der Waals surface area contributed by atoms with Crippen LogP contribution in [0.1, 0.15) is 44.0 Å². The Hall–Kier alpha value is -1.80. The number of hydrogen-bond acceptors (Lipinski definition) is 2. The van der Waals surface area contributed by atoms with E-state index < -0.39 is 0 Å². The van der Waals surface area contributed by atoms with E-state index in [-0.39, 0.29) is 6.04 Å². The molecule has 0 saturated carbocycles. The van der Waals surface area contributed by atoms with E-state index >= 15 is 0 Å². The zero-order valence-corrected chi connectivity index (χ0v) is 12.5. The van der Waals surface area contributed by atoms with E-state index in [2.05, 4.69) is 55.6 Å². The number of benzene rings is 2. The largest absolute Gasteiger partial charge is 0.494 e. The third-order valence-electron chi connectivity index (χ3n) is 3.48. The average molecular weight is 269 g/mol. The summed E-state index contributed by atoms with van der Waals surface area (Å²) >= 11 is 0. The minimum absolute atomic E-state index is 0.243. The molecular weight excluding hydrogens is 246 g/mol. The van der Waals surface area contributed by atoms with Crippen LogP contribution in [0, 0.1) is 0 Å². The summed E-state index contributed by atoms with van der Waals surface area (Å²) in [5.41, 5.74) is 2.50. The second kappa shape index (κ2) is 7.11. The Morgan fingerprint density at radius 2 is 1.55 bits per heavy atom. The molecule has 20 heavy (non-hydrogen) atoms. The van der Waals surface area contributed by atoms with Crippen molar-refractivity contribution in [1.82, 2.24) is 5.32 Å². The van der Waals surface area contributed by atoms with Gasteiger partial charge < -0.3 is 10.1 Å². The Kier molecular flexibility index (Phi) is 5.19. The molecule has 0 bridgehead atoms. The zero-order chi connectivity index (χ0) is 14.4. The molecule has 2 aromatic carbocycles. The molecule has 2 atom stereocenters. The van der Waals surface area contributed by atoms with Crippen molar-refractivity contribution in [2.24, 2.45) is 0 Å². The molecule has 0 amide bonds. The van der Waals surface area contributed by atoms with Crippen molar-refractivity contribution < 1.29 is 4.74 Å². The first-order valence-corrected chi connectivity index (χ1v) is 7.25. The average Bonchev–Trinajstić information content (AvgIpc) is 2.49. The molecule has 2 unspecified atom stereocenters. The molecule has 2 heteroatoms. The van der Waals surface area contributed by atoms with Crippen molar-refractivity contribution in [3.8, 4) is 5.75 Å². The van der Waals surface area contributed by atoms with Gasteiger partial charge in [-0.05, 0) is 32.4 Å². The lowest BCUT2D eigenvalue weighted by atomic mass is 10.0. The topological polar surface area (TPSA) is 21.3 Å². The summed E-state index contributed by atoms with van der Waals surface area (Å²) in [7, 11) is 0. The second-order valence-corrected chi connectivity index (χ2v) is 4.99. The summed E-state index contributed by atoms with van der Waals surface area (Å²) < 4.78 is 5.71. The van der Waals surface area contributed by atoms with E-state index in [4.69, 9.17) is 4.74 Å². The number of para-hydroxylation sites is 1. The van der Waals surface area contributed by atoms with Crippen molar-refractivity contribution in [1.29, 1.82) is 0 Å². The Morgan fingerprint density at radius 3 is 2.25 bits per heavy atom. The minimum Gasteiger partial charge on any atom is -0.494 e. The number of rotatable bonds is 6. The van der Waals surface area contributed by atoms with Gasteiger partial charge in [-0.15, -0.1) is 0 Å². The highest BCUT2D eigenvalue weighted by atomic mass is 16.5. The Morgan fingerprint density at radius 1 is 0.900 bits per heavy atom. The lowest BCUT2D eigenvalue weighted by molar-refractivity contribution is 0.331. The predicted octanol–water partition coefficient (Wildman–Crippen LogP) is 4.50. The Bertz CT molecular complexity index is 524. The molecule has 1 N–H and O–H groups in total. The fourth-order valence-electron chi connectivity index (χ4n) is 2.43. The smallest absolute Gasteiger partial charge is 0.124 e. The molecule has 0 aliphatic carbocycles. The van der Waals surface area contributed by atoms with E-state index in [0.29, 0.717) is 12.6 Å². The number of hydrogen-bond donors (Lipinski definition) is 1.